The number of phenolic OH excluding ortho intramolecular Hbond substituents is 1. The molecule has 10 aliphatic rings. The Kier molecular flexibility index (Phi) is 13.6. The summed E-state index contributed by atoms with van der Waals surface area (Å²) in [5.74, 6) is 9.13. The smallest absolute Gasteiger partial charge is 0.302 e. The van der Waals surface area contributed by atoms with Gasteiger partial charge < -0.3 is 51.6 Å². The van der Waals surface area contributed by atoms with E-state index >= 15 is 0 Å². The molecule has 0 radical (unpaired) electrons. The number of aromatic hydroxyl groups is 1. The van der Waals surface area contributed by atoms with Gasteiger partial charge in [-0.3, -0.25) is 4.79 Å². The Balaban J connectivity index is 1.11. The number of hydrogen-bond donors (Lipinski definition) is 8. The Hall–Kier alpha value is -2.90. The summed E-state index contributed by atoms with van der Waals surface area (Å²) in [6, 6.07) is 3.10. The molecule has 2 saturated carbocycles. The largest absolute Gasteiger partial charge is 0.504 e. The molecule has 14 heteroatoms. The Morgan fingerprint density at radius 2 is 1.92 bits per heavy atom. The minimum Gasteiger partial charge on any atom is -0.504 e. The number of nitrogens with zero attached hydrogens (tertiary/aromatic N) is 1. The van der Waals surface area contributed by atoms with Gasteiger partial charge in [0.25, 0.3) is 0 Å². The van der Waals surface area contributed by atoms with Crippen LogP contribution >= 0.6 is 21.6 Å². The van der Waals surface area contributed by atoms with E-state index < -0.39 is 41.7 Å². The number of piperidine rings is 2. The molecule has 5 heterocycles. The molecule has 4 fully saturated rings. The molecular formula is C52H73N5O7S2. The van der Waals surface area contributed by atoms with E-state index in [2.05, 4.69) is 46.0 Å². The molecule has 1 aromatic rings. The normalized spacial score (nSPS) is 43.4. The van der Waals surface area contributed by atoms with Crippen molar-refractivity contribution in [3.05, 3.63) is 47.6 Å². The summed E-state index contributed by atoms with van der Waals surface area (Å²) in [5.41, 5.74) is 7.21. The summed E-state index contributed by atoms with van der Waals surface area (Å²) in [5, 5.41) is 58.9. The first-order chi connectivity index (χ1) is 31.9. The van der Waals surface area contributed by atoms with Crippen LogP contribution in [0.25, 0.3) is 0 Å². The summed E-state index contributed by atoms with van der Waals surface area (Å²) >= 11 is 0. The molecule has 5 aliphatic carbocycles. The first kappa shape index (κ1) is 46.8. The third kappa shape index (κ3) is 9.29. The average molecular weight is 944 g/mol. The van der Waals surface area contributed by atoms with Crippen LogP contribution < -0.4 is 26.4 Å². The molecule has 12 nitrogen and oxygen atoms in total. The number of phenols is 1. The van der Waals surface area contributed by atoms with Gasteiger partial charge in [-0.2, -0.15) is 0 Å². The minimum atomic E-state index is -1.04. The number of fused-ring (bicyclic) bond motifs is 9. The second-order valence-corrected chi connectivity index (χ2v) is 24.6. The summed E-state index contributed by atoms with van der Waals surface area (Å²) in [4.78, 5) is 18.3. The van der Waals surface area contributed by atoms with Crippen molar-refractivity contribution < 1.29 is 34.7 Å². The van der Waals surface area contributed by atoms with Gasteiger partial charge in [-0.25, -0.2) is 4.99 Å². The van der Waals surface area contributed by atoms with Gasteiger partial charge in [-0.1, -0.05) is 70.6 Å². The molecule has 11 rings (SSSR count). The van der Waals surface area contributed by atoms with Gasteiger partial charge in [-0.05, 0) is 137 Å². The lowest BCUT2D eigenvalue weighted by molar-refractivity contribution is -0.152. The van der Waals surface area contributed by atoms with E-state index in [1.165, 1.54) is 32.6 Å². The van der Waals surface area contributed by atoms with Crippen LogP contribution in [-0.4, -0.2) is 104 Å². The van der Waals surface area contributed by atoms with Crippen LogP contribution in [0, 0.1) is 46.3 Å². The van der Waals surface area contributed by atoms with E-state index in [-0.39, 0.29) is 53.3 Å². The highest BCUT2D eigenvalue weighted by Gasteiger charge is 2.55. The number of nitrogens with one attached hydrogen (secondary N) is 3. The van der Waals surface area contributed by atoms with Crippen LogP contribution in [0.1, 0.15) is 127 Å². The number of carbonyl (C=O) groups is 1. The molecule has 15 atom stereocenters. The third-order valence-electron chi connectivity index (χ3n) is 17.7. The van der Waals surface area contributed by atoms with Crippen molar-refractivity contribution in [3.8, 4) is 23.3 Å². The fraction of sp³-hybridized carbons (Fsp3) is 0.731. The van der Waals surface area contributed by atoms with Crippen molar-refractivity contribution >= 4 is 33.5 Å². The minimum absolute atomic E-state index is 0.0133. The maximum Gasteiger partial charge on any atom is 0.302 e. The first-order valence-corrected chi connectivity index (χ1v) is 27.7. The van der Waals surface area contributed by atoms with Crippen LogP contribution in [0.2, 0.25) is 0 Å². The number of nitrogens with two attached hydrogens (primary N) is 1. The zero-order valence-electron chi connectivity index (χ0n) is 38.7. The maximum atomic E-state index is 13.0. The summed E-state index contributed by atoms with van der Waals surface area (Å²) in [7, 11) is 4.01. The van der Waals surface area contributed by atoms with E-state index in [0.29, 0.717) is 66.5 Å². The second-order valence-electron chi connectivity index (χ2n) is 22.0. The van der Waals surface area contributed by atoms with Crippen molar-refractivity contribution in [2.24, 2.45) is 45.2 Å². The average Bonchev–Trinajstić information content (AvgIpc) is 3.68. The molecule has 2 saturated heterocycles. The highest BCUT2D eigenvalue weighted by molar-refractivity contribution is 8.77. The Bertz CT molecular complexity index is 2120. The summed E-state index contributed by atoms with van der Waals surface area (Å²) in [6.07, 6.45) is 21.3. The third-order valence-corrected chi connectivity index (χ3v) is 20.8. The first-order valence-electron chi connectivity index (χ1n) is 25.3. The quantitative estimate of drug-likeness (QED) is 0.0727. The summed E-state index contributed by atoms with van der Waals surface area (Å²) in [6.45, 7) is 2.81. The molecule has 4 spiro atoms. The Morgan fingerprint density at radius 3 is 2.76 bits per heavy atom. The molecule has 66 heavy (non-hydrogen) atoms. The number of guanidine groups is 1. The van der Waals surface area contributed by atoms with Gasteiger partial charge >= 0.3 is 5.97 Å². The molecule has 10 bridgehead atoms. The van der Waals surface area contributed by atoms with Gasteiger partial charge in [-0.15, -0.1) is 0 Å². The Labute approximate surface area is 399 Å². The van der Waals surface area contributed by atoms with Crippen LogP contribution in [0.3, 0.4) is 0 Å². The standard InChI is InChI=1S/C52H73N5O7S2/c1-32(59)63-43-24-38(60)14-19-51-18-13-34-5-3-17-52(27-39(15-20-55-52)64-44-23-35(21-41(34)43)36(29-58)22-42(44)61)46-12-11-40(28-54-46)66-65-31-50(57-48(53)56-45(51)7-2-8-47(51)62)26-33-9-10-37-6-4-16-49(37,25-33)30-50/h2,7,9-10,22-23,33-34,37-41,43,45-47,54-55,58,60-62H,3-6,8,11-12,14-17,19-21,24-31H2,1H3,(H3,53,56,57). The zero-order chi connectivity index (χ0) is 45.7. The summed E-state index contributed by atoms with van der Waals surface area (Å²) < 4.78 is 13.0. The lowest BCUT2D eigenvalue weighted by Crippen LogP contribution is -2.66. The lowest BCUT2D eigenvalue weighted by Gasteiger charge is -2.54. The number of carbonyl (C=O) groups excluding carboxylic acids is 1. The van der Waals surface area contributed by atoms with Crippen LogP contribution in [-0.2, 0) is 22.6 Å². The van der Waals surface area contributed by atoms with E-state index in [0.717, 1.165) is 75.8 Å². The second kappa shape index (κ2) is 19.1. The van der Waals surface area contributed by atoms with Gasteiger partial charge in [0.05, 0.1) is 35.8 Å². The highest BCUT2D eigenvalue weighted by Crippen LogP contribution is 2.60. The number of rotatable bonds is 2. The van der Waals surface area contributed by atoms with E-state index in [1.54, 1.807) is 6.07 Å². The number of hydrogen-bond acceptors (Lipinski definition) is 14. The van der Waals surface area contributed by atoms with Crippen molar-refractivity contribution in [2.75, 3.05) is 18.8 Å². The van der Waals surface area contributed by atoms with E-state index in [1.807, 2.05) is 33.7 Å². The number of aliphatic hydroxyl groups excluding tert-OH is 3. The topological polar surface area (TPSA) is 191 Å². The predicted molar refractivity (Wildman–Crippen MR) is 261 cm³/mol. The molecule has 1 aromatic carbocycles. The number of aliphatic imine (C=N–C) groups is 1. The highest BCUT2D eigenvalue weighted by atomic mass is 33.1. The fourth-order valence-electron chi connectivity index (χ4n) is 14.6. The van der Waals surface area contributed by atoms with Crippen molar-refractivity contribution in [2.45, 2.75) is 182 Å². The number of ether oxygens (including phenoxy) is 2. The number of benzene rings is 1. The van der Waals surface area contributed by atoms with Crippen molar-refractivity contribution in [1.82, 2.24) is 16.0 Å². The molecule has 360 valence electrons. The number of aliphatic hydroxyl groups is 3. The van der Waals surface area contributed by atoms with E-state index in [9.17, 15) is 25.2 Å². The SMILES string of the molecule is CC(=O)OC1CC(O)CCC23C#CC4CCCC5(CC(CCN5)Oc5cc(c(CO)cc5O)CC41)C1CCC(CN1)SSCC1(CC4C=CC5CCCC5(C4)C1)NC(N)=NC2C=CCC3O. The molecule has 0 amide bonds. The maximum absolute atomic E-state index is 13.0. The fourth-order valence-corrected chi connectivity index (χ4v) is 17.8. The number of allylic oxidation sites excluding steroid dienone is 2. The molecule has 15 unspecified atom stereocenters. The van der Waals surface area contributed by atoms with Gasteiger partial charge in [0.15, 0.2) is 17.5 Å². The van der Waals surface area contributed by atoms with Crippen molar-refractivity contribution in [3.63, 3.8) is 0 Å². The Morgan fingerprint density at radius 1 is 1.05 bits per heavy atom. The predicted octanol–water partition coefficient (Wildman–Crippen LogP) is 6.18. The van der Waals surface area contributed by atoms with Gasteiger partial charge in [0.1, 0.15) is 12.2 Å². The van der Waals surface area contributed by atoms with E-state index in [4.69, 9.17) is 20.2 Å². The van der Waals surface area contributed by atoms with Gasteiger partial charge in [0.2, 0.25) is 0 Å². The monoisotopic (exact) mass is 943 g/mol. The van der Waals surface area contributed by atoms with Gasteiger partial charge in [0, 0.05) is 60.7 Å². The number of esters is 1. The van der Waals surface area contributed by atoms with Crippen molar-refractivity contribution in [1.29, 1.82) is 0 Å². The molecule has 0 aromatic heterocycles. The lowest BCUT2D eigenvalue weighted by atomic mass is 9.56. The van der Waals surface area contributed by atoms with Crippen LogP contribution in [0.15, 0.2) is 41.4 Å². The zero-order valence-corrected chi connectivity index (χ0v) is 40.4. The van der Waals surface area contributed by atoms with Crippen LogP contribution in [0.4, 0.5) is 0 Å². The van der Waals surface area contributed by atoms with Crippen LogP contribution in [0.5, 0.6) is 11.5 Å². The molecule has 5 aliphatic heterocycles. The molecular weight excluding hydrogens is 871 g/mol. The molecule has 9 N–H and O–H groups in total.